The zero-order chi connectivity index (χ0) is 14.9. The van der Waals surface area contributed by atoms with Gasteiger partial charge in [0.05, 0.1) is 6.61 Å². The molecule has 2 rings (SSSR count). The lowest BCUT2D eigenvalue weighted by Crippen LogP contribution is -2.46. The molecule has 0 bridgehead atoms. The number of nitrogens with one attached hydrogen (secondary N) is 1. The normalized spacial score (nSPS) is 16.4. The molecule has 1 fully saturated rings. The molecule has 1 heterocycles. The summed E-state index contributed by atoms with van der Waals surface area (Å²) in [4.78, 5) is 11.2. The molecule has 0 spiro atoms. The van der Waals surface area contributed by atoms with Crippen LogP contribution < -0.4 is 0 Å². The smallest absolute Gasteiger partial charge is 0.340 e. The first kappa shape index (κ1) is 14.9. The van der Waals surface area contributed by atoms with E-state index in [1.54, 1.807) is 0 Å². The van der Waals surface area contributed by atoms with Crippen molar-refractivity contribution in [1.29, 1.82) is 0 Å². The molecule has 9 heteroatoms. The largest absolute Gasteiger partial charge is 0.478 e. The number of carboxylic acids is 1. The lowest BCUT2D eigenvalue weighted by Gasteiger charge is -2.35. The molecule has 0 unspecified atom stereocenters. The molecule has 1 aromatic heterocycles. The Morgan fingerprint density at radius 3 is 2.60 bits per heavy atom. The van der Waals surface area contributed by atoms with Gasteiger partial charge >= 0.3 is 5.97 Å². The lowest BCUT2D eigenvalue weighted by molar-refractivity contribution is 0.0691. The maximum absolute atomic E-state index is 12.6. The Balaban J connectivity index is 2.45. The first-order valence-electron chi connectivity index (χ1n) is 6.30. The zero-order valence-electron chi connectivity index (χ0n) is 11.0. The summed E-state index contributed by atoms with van der Waals surface area (Å²) in [7, 11) is -4.03. The van der Waals surface area contributed by atoms with Crippen molar-refractivity contribution in [2.75, 3.05) is 13.2 Å². The standard InChI is InChI=1S/C11H17N3O5S/c1-7-9(11(16)17)10(13-12-7)20(18,19)14(5-6-15)8-3-2-4-8/h8,15H,2-6H2,1H3,(H,12,13)(H,16,17). The molecule has 0 aromatic carbocycles. The third-order valence-corrected chi connectivity index (χ3v) is 5.37. The second kappa shape index (κ2) is 5.51. The fraction of sp³-hybridized carbons (Fsp3) is 0.636. The zero-order valence-corrected chi connectivity index (χ0v) is 11.9. The second-order valence-electron chi connectivity index (χ2n) is 4.76. The number of hydrogen-bond acceptors (Lipinski definition) is 5. The predicted octanol–water partition coefficient (Wildman–Crippen LogP) is -0.0482. The molecule has 1 aromatic rings. The average molecular weight is 303 g/mol. The van der Waals surface area contributed by atoms with E-state index < -0.39 is 21.0 Å². The highest BCUT2D eigenvalue weighted by molar-refractivity contribution is 7.89. The van der Waals surface area contributed by atoms with Crippen LogP contribution in [0.5, 0.6) is 0 Å². The van der Waals surface area contributed by atoms with Gasteiger partial charge in [0.1, 0.15) is 5.56 Å². The number of nitrogens with zero attached hydrogens (tertiary/aromatic N) is 2. The van der Waals surface area contributed by atoms with Gasteiger partial charge in [-0.15, -0.1) is 0 Å². The molecule has 3 N–H and O–H groups in total. The van der Waals surface area contributed by atoms with Crippen LogP contribution in [0, 0.1) is 6.92 Å². The van der Waals surface area contributed by atoms with Gasteiger partial charge in [-0.25, -0.2) is 13.2 Å². The number of rotatable bonds is 6. The molecule has 20 heavy (non-hydrogen) atoms. The SMILES string of the molecule is Cc1[nH]nc(S(=O)(=O)N(CCO)C2CCC2)c1C(=O)O. The van der Waals surface area contributed by atoms with Gasteiger partial charge in [-0.2, -0.15) is 9.40 Å². The summed E-state index contributed by atoms with van der Waals surface area (Å²) in [6.07, 6.45) is 2.35. The quantitative estimate of drug-likeness (QED) is 0.677. The topological polar surface area (TPSA) is 124 Å². The van der Waals surface area contributed by atoms with Crippen molar-refractivity contribution in [2.45, 2.75) is 37.3 Å². The van der Waals surface area contributed by atoms with Gasteiger partial charge in [0, 0.05) is 18.3 Å². The number of sulfonamides is 1. The van der Waals surface area contributed by atoms with E-state index in [0.717, 1.165) is 10.7 Å². The van der Waals surface area contributed by atoms with Gasteiger partial charge in [-0.05, 0) is 19.8 Å². The number of aliphatic hydroxyl groups is 1. The summed E-state index contributed by atoms with van der Waals surface area (Å²) < 4.78 is 26.3. The molecule has 0 atom stereocenters. The predicted molar refractivity (Wildman–Crippen MR) is 68.9 cm³/mol. The molecule has 0 saturated heterocycles. The van der Waals surface area contributed by atoms with E-state index in [2.05, 4.69) is 10.2 Å². The Kier molecular flexibility index (Phi) is 4.11. The van der Waals surface area contributed by atoms with E-state index in [0.29, 0.717) is 12.8 Å². The van der Waals surface area contributed by atoms with Gasteiger partial charge in [-0.1, -0.05) is 6.42 Å². The lowest BCUT2D eigenvalue weighted by atomic mass is 9.93. The van der Waals surface area contributed by atoms with Gasteiger partial charge in [0.2, 0.25) is 5.03 Å². The van der Waals surface area contributed by atoms with Crippen molar-refractivity contribution in [3.8, 4) is 0 Å². The minimum atomic E-state index is -4.03. The summed E-state index contributed by atoms with van der Waals surface area (Å²) in [6.45, 7) is 1.08. The van der Waals surface area contributed by atoms with Crippen LogP contribution in [-0.2, 0) is 10.0 Å². The Morgan fingerprint density at radius 1 is 1.50 bits per heavy atom. The number of aromatic nitrogens is 2. The molecule has 1 saturated carbocycles. The van der Waals surface area contributed by atoms with Crippen LogP contribution in [0.4, 0.5) is 0 Å². The summed E-state index contributed by atoms with van der Waals surface area (Å²) in [5.74, 6) is -1.34. The second-order valence-corrected chi connectivity index (χ2v) is 6.56. The van der Waals surface area contributed by atoms with E-state index in [9.17, 15) is 13.2 Å². The van der Waals surface area contributed by atoms with Crippen molar-refractivity contribution < 1.29 is 23.4 Å². The highest BCUT2D eigenvalue weighted by Crippen LogP contribution is 2.30. The molecule has 0 aliphatic heterocycles. The summed E-state index contributed by atoms with van der Waals surface area (Å²) in [6, 6.07) is -0.189. The summed E-state index contributed by atoms with van der Waals surface area (Å²) in [5, 5.41) is 23.7. The first-order chi connectivity index (χ1) is 9.39. The number of hydrogen-bond donors (Lipinski definition) is 3. The minimum absolute atomic E-state index is 0.0576. The molecule has 1 aliphatic rings. The Bertz CT molecular complexity index is 606. The van der Waals surface area contributed by atoms with E-state index in [1.165, 1.54) is 6.92 Å². The highest BCUT2D eigenvalue weighted by atomic mass is 32.2. The highest BCUT2D eigenvalue weighted by Gasteiger charge is 2.38. The van der Waals surface area contributed by atoms with Gasteiger partial charge in [-0.3, -0.25) is 5.10 Å². The van der Waals surface area contributed by atoms with Gasteiger partial charge in [0.25, 0.3) is 10.0 Å². The minimum Gasteiger partial charge on any atom is -0.478 e. The molecular formula is C11H17N3O5S. The molecular weight excluding hydrogens is 286 g/mol. The Hall–Kier alpha value is -1.45. The number of H-pyrrole nitrogens is 1. The molecule has 8 nitrogen and oxygen atoms in total. The van der Waals surface area contributed by atoms with Crippen LogP contribution >= 0.6 is 0 Å². The van der Waals surface area contributed by atoms with Crippen LogP contribution in [0.3, 0.4) is 0 Å². The molecule has 1 aliphatic carbocycles. The van der Waals surface area contributed by atoms with E-state index in [4.69, 9.17) is 10.2 Å². The monoisotopic (exact) mass is 303 g/mol. The van der Waals surface area contributed by atoms with E-state index in [-0.39, 0.29) is 30.5 Å². The van der Waals surface area contributed by atoms with Crippen molar-refractivity contribution in [3.63, 3.8) is 0 Å². The number of aromatic amines is 1. The van der Waals surface area contributed by atoms with Crippen LogP contribution in [0.2, 0.25) is 0 Å². The summed E-state index contributed by atoms with van der Waals surface area (Å²) in [5.41, 5.74) is -0.152. The van der Waals surface area contributed by atoms with Gasteiger partial charge in [0.15, 0.2) is 0 Å². The van der Waals surface area contributed by atoms with E-state index >= 15 is 0 Å². The first-order valence-corrected chi connectivity index (χ1v) is 7.74. The number of carbonyl (C=O) groups is 1. The fourth-order valence-electron chi connectivity index (χ4n) is 2.23. The number of aliphatic hydroxyl groups excluding tert-OH is 1. The average Bonchev–Trinajstić information content (AvgIpc) is 2.69. The maximum Gasteiger partial charge on any atom is 0.340 e. The van der Waals surface area contributed by atoms with Crippen LogP contribution in [-0.4, -0.2) is 58.3 Å². The number of aromatic carboxylic acids is 1. The third kappa shape index (κ3) is 2.43. The molecule has 112 valence electrons. The van der Waals surface area contributed by atoms with Gasteiger partial charge < -0.3 is 10.2 Å². The maximum atomic E-state index is 12.6. The van der Waals surface area contributed by atoms with Crippen molar-refractivity contribution in [1.82, 2.24) is 14.5 Å². The molecule has 0 amide bonds. The van der Waals surface area contributed by atoms with Crippen molar-refractivity contribution in [2.24, 2.45) is 0 Å². The number of aryl methyl sites for hydroxylation is 1. The van der Waals surface area contributed by atoms with Crippen LogP contribution in [0.25, 0.3) is 0 Å². The van der Waals surface area contributed by atoms with Crippen molar-refractivity contribution >= 4 is 16.0 Å². The summed E-state index contributed by atoms with van der Waals surface area (Å²) >= 11 is 0. The Labute approximate surface area is 116 Å². The van der Waals surface area contributed by atoms with Crippen molar-refractivity contribution in [3.05, 3.63) is 11.3 Å². The van der Waals surface area contributed by atoms with Crippen LogP contribution in [0.1, 0.15) is 35.3 Å². The van der Waals surface area contributed by atoms with E-state index in [1.807, 2.05) is 0 Å². The van der Waals surface area contributed by atoms with Crippen LogP contribution in [0.15, 0.2) is 5.03 Å². The molecule has 0 radical (unpaired) electrons. The Morgan fingerprint density at radius 2 is 2.15 bits per heavy atom. The third-order valence-electron chi connectivity index (χ3n) is 3.48. The number of carboxylic acid groups (broad SMARTS) is 1. The fourth-order valence-corrected chi connectivity index (χ4v) is 4.04.